The van der Waals surface area contributed by atoms with Gasteiger partial charge in [-0.05, 0) is 6.42 Å². The SMILES string of the molecule is CCCCCN(C)c1nc(Cl)c(C(=O)OC)s1. The number of carbonyl (C=O) groups is 1. The third kappa shape index (κ3) is 3.85. The number of ether oxygens (including phenoxy) is 1. The lowest BCUT2D eigenvalue weighted by Crippen LogP contribution is -2.17. The first-order valence-corrected chi connectivity index (χ1v) is 6.75. The Balaban J connectivity index is 2.68. The third-order valence-electron chi connectivity index (χ3n) is 2.37. The van der Waals surface area contributed by atoms with Crippen molar-refractivity contribution in [2.75, 3.05) is 25.6 Å². The Morgan fingerprint density at radius 3 is 2.82 bits per heavy atom. The number of methoxy groups -OCH3 is 1. The smallest absolute Gasteiger partial charge is 0.351 e. The van der Waals surface area contributed by atoms with Crippen LogP contribution in [0.4, 0.5) is 5.13 Å². The molecule has 1 heterocycles. The molecule has 0 aromatic carbocycles. The molecule has 6 heteroatoms. The van der Waals surface area contributed by atoms with Crippen LogP contribution in [0.2, 0.25) is 5.15 Å². The summed E-state index contributed by atoms with van der Waals surface area (Å²) in [6, 6.07) is 0. The molecule has 1 aromatic heterocycles. The van der Waals surface area contributed by atoms with E-state index in [4.69, 9.17) is 11.6 Å². The average molecular weight is 277 g/mol. The molecule has 0 aliphatic heterocycles. The molecule has 1 rings (SSSR count). The van der Waals surface area contributed by atoms with Gasteiger partial charge in [-0.3, -0.25) is 0 Å². The summed E-state index contributed by atoms with van der Waals surface area (Å²) in [6.07, 6.45) is 3.48. The fourth-order valence-corrected chi connectivity index (χ4v) is 2.55. The summed E-state index contributed by atoms with van der Waals surface area (Å²) in [6.45, 7) is 3.08. The number of hydrogen-bond donors (Lipinski definition) is 0. The molecule has 1 aromatic rings. The van der Waals surface area contributed by atoms with Gasteiger partial charge in [0.05, 0.1) is 7.11 Å². The van der Waals surface area contributed by atoms with Gasteiger partial charge in [-0.1, -0.05) is 42.7 Å². The first kappa shape index (κ1) is 14.3. The van der Waals surface area contributed by atoms with Gasteiger partial charge < -0.3 is 9.64 Å². The van der Waals surface area contributed by atoms with E-state index in [0.29, 0.717) is 4.88 Å². The summed E-state index contributed by atoms with van der Waals surface area (Å²) in [5.41, 5.74) is 0. The standard InChI is InChI=1S/C11H17ClN2O2S/c1-4-5-6-7-14(2)11-13-9(12)8(17-11)10(15)16-3/h4-7H2,1-3H3. The van der Waals surface area contributed by atoms with Crippen LogP contribution in [0, 0.1) is 0 Å². The minimum atomic E-state index is -0.430. The summed E-state index contributed by atoms with van der Waals surface area (Å²) in [5, 5.41) is 0.977. The van der Waals surface area contributed by atoms with E-state index in [1.807, 2.05) is 11.9 Å². The molecule has 0 radical (unpaired) electrons. The molecule has 0 saturated carbocycles. The maximum absolute atomic E-state index is 11.4. The van der Waals surface area contributed by atoms with Crippen LogP contribution >= 0.6 is 22.9 Å². The quantitative estimate of drug-likeness (QED) is 0.591. The fourth-order valence-electron chi connectivity index (χ4n) is 1.37. The van der Waals surface area contributed by atoms with Crippen molar-refractivity contribution in [3.05, 3.63) is 10.0 Å². The highest BCUT2D eigenvalue weighted by Gasteiger charge is 2.18. The van der Waals surface area contributed by atoms with Crippen molar-refractivity contribution in [1.29, 1.82) is 0 Å². The van der Waals surface area contributed by atoms with Crippen LogP contribution in [0.5, 0.6) is 0 Å². The first-order valence-electron chi connectivity index (χ1n) is 5.56. The first-order chi connectivity index (χ1) is 8.10. The van der Waals surface area contributed by atoms with Crippen LogP contribution in [0.1, 0.15) is 35.9 Å². The van der Waals surface area contributed by atoms with Gasteiger partial charge in [0.25, 0.3) is 0 Å². The van der Waals surface area contributed by atoms with Crippen molar-refractivity contribution in [2.24, 2.45) is 0 Å². The number of thiazole rings is 1. The minimum absolute atomic E-state index is 0.221. The van der Waals surface area contributed by atoms with Crippen LogP contribution < -0.4 is 4.90 Å². The number of nitrogens with zero attached hydrogens (tertiary/aromatic N) is 2. The number of anilines is 1. The zero-order chi connectivity index (χ0) is 12.8. The van der Waals surface area contributed by atoms with Gasteiger partial charge in [0.1, 0.15) is 0 Å². The van der Waals surface area contributed by atoms with Crippen molar-refractivity contribution in [1.82, 2.24) is 4.98 Å². The number of unbranched alkanes of at least 4 members (excludes halogenated alkanes) is 2. The molecule has 0 unspecified atom stereocenters. The Hall–Kier alpha value is -0.810. The van der Waals surface area contributed by atoms with Crippen molar-refractivity contribution in [3.8, 4) is 0 Å². The summed E-state index contributed by atoms with van der Waals surface area (Å²) >= 11 is 7.16. The summed E-state index contributed by atoms with van der Waals surface area (Å²) in [4.78, 5) is 17.9. The van der Waals surface area contributed by atoms with E-state index < -0.39 is 5.97 Å². The fraction of sp³-hybridized carbons (Fsp3) is 0.636. The number of esters is 1. The van der Waals surface area contributed by atoms with Crippen LogP contribution in [0.15, 0.2) is 0 Å². The maximum Gasteiger partial charge on any atom is 0.351 e. The molecule has 0 bridgehead atoms. The molecule has 0 saturated heterocycles. The number of hydrogen-bond acceptors (Lipinski definition) is 5. The highest BCUT2D eigenvalue weighted by Crippen LogP contribution is 2.29. The van der Waals surface area contributed by atoms with E-state index in [1.165, 1.54) is 31.3 Å². The number of halogens is 1. The van der Waals surface area contributed by atoms with Crippen molar-refractivity contribution in [2.45, 2.75) is 26.2 Å². The van der Waals surface area contributed by atoms with Crippen molar-refractivity contribution < 1.29 is 9.53 Å². The van der Waals surface area contributed by atoms with Gasteiger partial charge in [0, 0.05) is 13.6 Å². The normalized spacial score (nSPS) is 10.4. The summed E-state index contributed by atoms with van der Waals surface area (Å²) in [5.74, 6) is -0.430. The Bertz CT molecular complexity index is 382. The van der Waals surface area contributed by atoms with Crippen LogP contribution in [-0.2, 0) is 4.74 Å². The zero-order valence-corrected chi connectivity index (χ0v) is 11.9. The predicted molar refractivity (Wildman–Crippen MR) is 71.3 cm³/mol. The topological polar surface area (TPSA) is 42.4 Å². The molecule has 0 aliphatic carbocycles. The van der Waals surface area contributed by atoms with Crippen LogP contribution in [0.25, 0.3) is 0 Å². The number of rotatable bonds is 6. The van der Waals surface area contributed by atoms with Gasteiger partial charge >= 0.3 is 5.97 Å². The van der Waals surface area contributed by atoms with Gasteiger partial charge in [-0.25, -0.2) is 9.78 Å². The Morgan fingerprint density at radius 1 is 1.53 bits per heavy atom. The Morgan fingerprint density at radius 2 is 2.24 bits per heavy atom. The largest absolute Gasteiger partial charge is 0.465 e. The van der Waals surface area contributed by atoms with E-state index in [-0.39, 0.29) is 5.15 Å². The highest BCUT2D eigenvalue weighted by atomic mass is 35.5. The van der Waals surface area contributed by atoms with Gasteiger partial charge in [0.15, 0.2) is 15.2 Å². The molecule has 0 atom stereocenters. The van der Waals surface area contributed by atoms with E-state index in [2.05, 4.69) is 16.6 Å². The molecular formula is C11H17ClN2O2S. The molecule has 0 amide bonds. The highest BCUT2D eigenvalue weighted by molar-refractivity contribution is 7.18. The molecule has 0 fully saturated rings. The van der Waals surface area contributed by atoms with Gasteiger partial charge in [-0.15, -0.1) is 0 Å². The average Bonchev–Trinajstić information content (AvgIpc) is 2.70. The second kappa shape index (κ2) is 6.81. The molecule has 4 nitrogen and oxygen atoms in total. The van der Waals surface area contributed by atoms with Gasteiger partial charge in [-0.2, -0.15) is 0 Å². The Labute approximate surface area is 111 Å². The zero-order valence-electron chi connectivity index (χ0n) is 10.3. The monoisotopic (exact) mass is 276 g/mol. The van der Waals surface area contributed by atoms with Crippen LogP contribution in [0.3, 0.4) is 0 Å². The van der Waals surface area contributed by atoms with Gasteiger partial charge in [0.2, 0.25) is 0 Å². The maximum atomic E-state index is 11.4. The molecular weight excluding hydrogens is 260 g/mol. The second-order valence-corrected chi connectivity index (χ2v) is 5.07. The lowest BCUT2D eigenvalue weighted by Gasteiger charge is -2.14. The summed E-state index contributed by atoms with van der Waals surface area (Å²) < 4.78 is 4.64. The lowest BCUT2D eigenvalue weighted by atomic mass is 10.2. The van der Waals surface area contributed by atoms with E-state index >= 15 is 0 Å². The Kier molecular flexibility index (Phi) is 5.71. The van der Waals surface area contributed by atoms with Crippen molar-refractivity contribution in [3.63, 3.8) is 0 Å². The van der Waals surface area contributed by atoms with Crippen LogP contribution in [-0.4, -0.2) is 31.7 Å². The van der Waals surface area contributed by atoms with Crippen molar-refractivity contribution >= 4 is 34.0 Å². The predicted octanol–water partition coefficient (Wildman–Crippen LogP) is 3.21. The number of aromatic nitrogens is 1. The molecule has 0 spiro atoms. The van der Waals surface area contributed by atoms with E-state index in [0.717, 1.165) is 18.1 Å². The number of carbonyl (C=O) groups excluding carboxylic acids is 1. The third-order valence-corrected chi connectivity index (χ3v) is 3.90. The summed E-state index contributed by atoms with van der Waals surface area (Å²) in [7, 11) is 3.29. The molecule has 96 valence electrons. The molecule has 0 N–H and O–H groups in total. The minimum Gasteiger partial charge on any atom is -0.465 e. The lowest BCUT2D eigenvalue weighted by molar-refractivity contribution is 0.0606. The second-order valence-electron chi connectivity index (χ2n) is 3.74. The van der Waals surface area contributed by atoms with E-state index in [9.17, 15) is 4.79 Å². The van der Waals surface area contributed by atoms with E-state index in [1.54, 1.807) is 0 Å². The molecule has 17 heavy (non-hydrogen) atoms. The molecule has 0 aliphatic rings.